The molecule has 0 saturated carbocycles. The molecule has 0 aliphatic rings. The summed E-state index contributed by atoms with van der Waals surface area (Å²) < 4.78 is 0. The number of rotatable bonds is 13. The first kappa shape index (κ1) is 42.5. The molecule has 11 aromatic carbocycles. The van der Waals surface area contributed by atoms with E-state index < -0.39 is 0 Å². The lowest BCUT2D eigenvalue weighted by Crippen LogP contribution is -2.10. The highest BCUT2D eigenvalue weighted by Gasteiger charge is 2.19. The highest BCUT2D eigenvalue weighted by atomic mass is 15.2. The maximum absolute atomic E-state index is 4.04. The third kappa shape index (κ3) is 8.57. The molecule has 69 heavy (non-hydrogen) atoms. The Bertz CT molecular complexity index is 3350. The van der Waals surface area contributed by atoms with Gasteiger partial charge < -0.3 is 14.7 Å². The third-order valence-electron chi connectivity index (χ3n) is 12.9. The van der Waals surface area contributed by atoms with Crippen molar-refractivity contribution < 1.29 is 0 Å². The van der Waals surface area contributed by atoms with Crippen LogP contribution in [0.5, 0.6) is 0 Å². The van der Waals surface area contributed by atoms with Crippen LogP contribution in [0.1, 0.15) is 11.1 Å². The molecule has 0 saturated heterocycles. The van der Waals surface area contributed by atoms with Crippen LogP contribution in [-0.4, -0.2) is 0 Å². The van der Waals surface area contributed by atoms with Crippen molar-refractivity contribution in [3.8, 4) is 22.3 Å². The number of fused-ring (bicyclic) bond motifs is 2. The Hall–Kier alpha value is -9.18. The van der Waals surface area contributed by atoms with Gasteiger partial charge in [0.05, 0.1) is 11.4 Å². The Balaban J connectivity index is 0.878. The molecule has 328 valence electrons. The van der Waals surface area contributed by atoms with E-state index in [1.165, 1.54) is 21.5 Å². The zero-order valence-corrected chi connectivity index (χ0v) is 38.2. The maximum Gasteiger partial charge on any atom is 0.0540 e. The van der Waals surface area contributed by atoms with Crippen LogP contribution in [-0.2, 0) is 0 Å². The summed E-state index contributed by atoms with van der Waals surface area (Å²) in [4.78, 5) is 7.00. The summed E-state index contributed by atoms with van der Waals surface area (Å²) in [7, 11) is 0. The average molecular weight is 884 g/mol. The van der Waals surface area contributed by atoms with Crippen molar-refractivity contribution in [2.75, 3.05) is 14.7 Å². The minimum Gasteiger partial charge on any atom is -0.311 e. The highest BCUT2D eigenvalue weighted by molar-refractivity contribution is 6.00. The molecule has 0 spiro atoms. The Labute approximate surface area is 405 Å². The summed E-state index contributed by atoms with van der Waals surface area (Å²) in [6.45, 7) is 8.09. The van der Waals surface area contributed by atoms with Gasteiger partial charge in [-0.1, -0.05) is 189 Å². The first-order valence-corrected chi connectivity index (χ1v) is 23.4. The maximum atomic E-state index is 4.04. The summed E-state index contributed by atoms with van der Waals surface area (Å²) in [5.74, 6) is 0. The number of hydrogen-bond donors (Lipinski definition) is 0. The van der Waals surface area contributed by atoms with Crippen molar-refractivity contribution in [1.29, 1.82) is 0 Å². The van der Waals surface area contributed by atoms with Gasteiger partial charge in [-0.3, -0.25) is 0 Å². The summed E-state index contributed by atoms with van der Waals surface area (Å²) in [5, 5.41) is 4.80. The molecule has 11 rings (SSSR count). The van der Waals surface area contributed by atoms with Gasteiger partial charge in [0.1, 0.15) is 0 Å². The van der Waals surface area contributed by atoms with Crippen LogP contribution in [0.25, 0.3) is 56.0 Å². The minimum atomic E-state index is 1.08. The zero-order valence-electron chi connectivity index (χ0n) is 38.2. The van der Waals surface area contributed by atoms with Gasteiger partial charge in [-0.05, 0) is 141 Å². The first-order valence-electron chi connectivity index (χ1n) is 23.4. The lowest BCUT2D eigenvalue weighted by atomic mass is 10.0. The second-order valence-corrected chi connectivity index (χ2v) is 17.1. The second-order valence-electron chi connectivity index (χ2n) is 17.1. The van der Waals surface area contributed by atoms with Crippen LogP contribution in [0.2, 0.25) is 0 Å². The van der Waals surface area contributed by atoms with Gasteiger partial charge >= 0.3 is 0 Å². The summed E-state index contributed by atoms with van der Waals surface area (Å²) in [6, 6.07) is 93.4. The molecule has 0 amide bonds. The Morgan fingerprint density at radius 2 is 0.551 bits per heavy atom. The van der Waals surface area contributed by atoms with Crippen LogP contribution < -0.4 is 14.7 Å². The monoisotopic (exact) mass is 883 g/mol. The van der Waals surface area contributed by atoms with Gasteiger partial charge in [-0.15, -0.1) is 0 Å². The van der Waals surface area contributed by atoms with Crippen molar-refractivity contribution in [3.05, 3.63) is 285 Å². The van der Waals surface area contributed by atoms with Gasteiger partial charge in [0.25, 0.3) is 0 Å². The number of anilines is 9. The van der Waals surface area contributed by atoms with Crippen LogP contribution in [0.3, 0.4) is 0 Å². The van der Waals surface area contributed by atoms with E-state index in [0.29, 0.717) is 0 Å². The fraction of sp³-hybridized carbons (Fsp3) is 0. The standard InChI is InChI=1S/C66H49N3/c1-3-48-16-12-24-61(46-48)68(65-28-14-20-54-18-8-10-26-63(54)65)59-42-34-52(35-43-59)50-30-38-57(39-31-50)67(56-22-6-5-7-23-56)58-40-32-51(33-41-58)53-36-44-60(45-37-53)69(62-25-13-17-49(4-2)47-62)66-29-15-21-55-19-9-11-27-64(55)66/h3-47H,1-2H2. The van der Waals surface area contributed by atoms with Crippen LogP contribution in [0, 0.1) is 0 Å². The van der Waals surface area contributed by atoms with E-state index in [1.54, 1.807) is 0 Å². The van der Waals surface area contributed by atoms with Gasteiger partial charge in [-0.2, -0.15) is 0 Å². The predicted octanol–water partition coefficient (Wildman–Crippen LogP) is 19.0. The van der Waals surface area contributed by atoms with E-state index >= 15 is 0 Å². The number of benzene rings is 11. The molecule has 0 aliphatic carbocycles. The lowest BCUT2D eigenvalue weighted by molar-refractivity contribution is 1.28. The Kier molecular flexibility index (Phi) is 11.7. The van der Waals surface area contributed by atoms with Crippen LogP contribution in [0.15, 0.2) is 274 Å². The fourth-order valence-electron chi connectivity index (χ4n) is 9.48. The quantitative estimate of drug-likeness (QED) is 0.114. The van der Waals surface area contributed by atoms with Crippen molar-refractivity contribution >= 4 is 84.9 Å². The minimum absolute atomic E-state index is 1.08. The summed E-state index contributed by atoms with van der Waals surface area (Å²) in [6.07, 6.45) is 3.80. The zero-order chi connectivity index (χ0) is 46.5. The molecule has 0 atom stereocenters. The third-order valence-corrected chi connectivity index (χ3v) is 12.9. The van der Waals surface area contributed by atoms with E-state index in [1.807, 2.05) is 12.2 Å². The van der Waals surface area contributed by atoms with Gasteiger partial charge in [0, 0.05) is 50.6 Å². The number of hydrogen-bond acceptors (Lipinski definition) is 3. The van der Waals surface area contributed by atoms with E-state index in [0.717, 1.165) is 84.6 Å². The lowest BCUT2D eigenvalue weighted by Gasteiger charge is -2.27. The smallest absolute Gasteiger partial charge is 0.0540 e. The second kappa shape index (κ2) is 19.0. The molecule has 0 N–H and O–H groups in total. The van der Waals surface area contributed by atoms with Gasteiger partial charge in [0.15, 0.2) is 0 Å². The highest BCUT2D eigenvalue weighted by Crippen LogP contribution is 2.43. The van der Waals surface area contributed by atoms with Crippen molar-refractivity contribution in [2.24, 2.45) is 0 Å². The summed E-state index contributed by atoms with van der Waals surface area (Å²) in [5.41, 5.74) is 16.6. The first-order chi connectivity index (χ1) is 34.1. The van der Waals surface area contributed by atoms with Crippen molar-refractivity contribution in [3.63, 3.8) is 0 Å². The SMILES string of the molecule is C=Cc1cccc(N(c2ccc(-c3ccc(N(c4ccccc4)c4ccc(-c5ccc(N(c6cccc(C=C)c6)c6cccc7ccccc67)cc5)cc4)cc3)cc2)c2cccc3ccccc23)c1. The molecule has 0 fully saturated rings. The number of para-hydroxylation sites is 1. The molecule has 3 heteroatoms. The van der Waals surface area contributed by atoms with Crippen molar-refractivity contribution in [1.82, 2.24) is 0 Å². The molecule has 0 unspecified atom stereocenters. The normalized spacial score (nSPS) is 11.0. The van der Waals surface area contributed by atoms with Gasteiger partial charge in [0.2, 0.25) is 0 Å². The van der Waals surface area contributed by atoms with Crippen molar-refractivity contribution in [2.45, 2.75) is 0 Å². The molecular weight excluding hydrogens is 835 g/mol. The molecule has 0 radical (unpaired) electrons. The predicted molar refractivity (Wildman–Crippen MR) is 297 cm³/mol. The number of nitrogens with zero attached hydrogens (tertiary/aromatic N) is 3. The largest absolute Gasteiger partial charge is 0.311 e. The van der Waals surface area contributed by atoms with E-state index in [4.69, 9.17) is 0 Å². The molecule has 3 nitrogen and oxygen atoms in total. The Morgan fingerprint density at radius 1 is 0.246 bits per heavy atom. The molecule has 0 aromatic heterocycles. The van der Waals surface area contributed by atoms with E-state index in [9.17, 15) is 0 Å². The molecule has 0 heterocycles. The topological polar surface area (TPSA) is 9.72 Å². The molecular formula is C66H49N3. The average Bonchev–Trinajstić information content (AvgIpc) is 3.42. The van der Waals surface area contributed by atoms with Gasteiger partial charge in [-0.25, -0.2) is 0 Å². The molecule has 11 aromatic rings. The molecule has 0 bridgehead atoms. The van der Waals surface area contributed by atoms with Crippen LogP contribution >= 0.6 is 0 Å². The summed E-state index contributed by atoms with van der Waals surface area (Å²) >= 11 is 0. The fourth-order valence-corrected chi connectivity index (χ4v) is 9.48. The van der Waals surface area contributed by atoms with Crippen LogP contribution in [0.4, 0.5) is 51.2 Å². The Morgan fingerprint density at radius 3 is 0.942 bits per heavy atom. The van der Waals surface area contributed by atoms with E-state index in [2.05, 4.69) is 289 Å². The molecule has 0 aliphatic heterocycles. The van der Waals surface area contributed by atoms with E-state index in [-0.39, 0.29) is 0 Å².